The van der Waals surface area contributed by atoms with Gasteiger partial charge in [-0.1, -0.05) is 0 Å². The fourth-order valence-electron chi connectivity index (χ4n) is 3.58. The van der Waals surface area contributed by atoms with Crippen molar-refractivity contribution in [3.63, 3.8) is 0 Å². The quantitative estimate of drug-likeness (QED) is 0.217. The molecule has 2 aliphatic heterocycles. The van der Waals surface area contributed by atoms with Crippen LogP contribution in [0, 0.1) is 5.92 Å². The maximum atomic E-state index is 11.8. The first kappa shape index (κ1) is 14.5. The Morgan fingerprint density at radius 2 is 1.90 bits per heavy atom. The van der Waals surface area contributed by atoms with Crippen LogP contribution in [0.4, 0.5) is 0 Å². The number of carbonyl (C=O) groups is 1. The molecule has 1 spiro atoms. The molecule has 3 unspecified atom stereocenters. The molecule has 2 fully saturated rings. The summed E-state index contributed by atoms with van der Waals surface area (Å²) in [5, 5.41) is 53.9. The molecule has 1 saturated heterocycles. The lowest BCUT2D eigenvalue weighted by atomic mass is 9.57. The standard InChI is InChI=1S/C11H17N3O7/c1-10(20)3(15)2-7(18)13-9(12)14-11(2)4(16)6(10)21-8(19)5(11)17/h2-7,15-18,20H,1H3,(H3,12,13,14)/t2?,3?,4-,5-,6?,7-,10+,11-/m1/s1. The number of carbonyl (C=O) groups excluding carboxylic acids is 1. The highest BCUT2D eigenvalue weighted by Crippen LogP contribution is 2.48. The van der Waals surface area contributed by atoms with E-state index in [1.54, 1.807) is 0 Å². The largest absolute Gasteiger partial charge is 0.454 e. The van der Waals surface area contributed by atoms with Gasteiger partial charge in [-0.25, -0.2) is 9.79 Å². The highest BCUT2D eigenvalue weighted by Gasteiger charge is 2.74. The lowest BCUT2D eigenvalue weighted by molar-refractivity contribution is -0.299. The number of hydrogen-bond donors (Lipinski definition) is 7. The van der Waals surface area contributed by atoms with Gasteiger partial charge in [-0.2, -0.15) is 0 Å². The van der Waals surface area contributed by atoms with E-state index in [9.17, 15) is 30.3 Å². The molecule has 0 amide bonds. The second-order valence-corrected chi connectivity index (χ2v) is 5.89. The maximum absolute atomic E-state index is 11.8. The molecule has 8 N–H and O–H groups in total. The average molecular weight is 303 g/mol. The minimum absolute atomic E-state index is 0.306. The van der Waals surface area contributed by atoms with Crippen LogP contribution in [-0.2, 0) is 9.53 Å². The molecule has 0 aromatic heterocycles. The van der Waals surface area contributed by atoms with E-state index in [4.69, 9.17) is 10.5 Å². The summed E-state index contributed by atoms with van der Waals surface area (Å²) in [7, 11) is 0. The van der Waals surface area contributed by atoms with Gasteiger partial charge in [-0.3, -0.25) is 0 Å². The predicted molar refractivity (Wildman–Crippen MR) is 65.5 cm³/mol. The Balaban J connectivity index is 2.22. The first-order valence-corrected chi connectivity index (χ1v) is 6.40. The first-order valence-electron chi connectivity index (χ1n) is 6.40. The van der Waals surface area contributed by atoms with Crippen LogP contribution in [0.2, 0.25) is 0 Å². The summed E-state index contributed by atoms with van der Waals surface area (Å²) in [6.45, 7) is 1.16. The molecule has 1 saturated carbocycles. The first-order chi connectivity index (χ1) is 9.64. The van der Waals surface area contributed by atoms with Crippen LogP contribution in [0.3, 0.4) is 0 Å². The van der Waals surface area contributed by atoms with Crippen molar-refractivity contribution < 1.29 is 35.1 Å². The third-order valence-electron chi connectivity index (χ3n) is 4.70. The fraction of sp³-hybridized carbons (Fsp3) is 0.818. The predicted octanol–water partition coefficient (Wildman–Crippen LogP) is -4.65. The number of guanidine groups is 1. The number of fused-ring (bicyclic) bond motifs is 1. The molecule has 0 radical (unpaired) electrons. The molecular weight excluding hydrogens is 286 g/mol. The summed E-state index contributed by atoms with van der Waals surface area (Å²) in [4.78, 5) is 15.4. The molecule has 0 aromatic carbocycles. The van der Waals surface area contributed by atoms with Gasteiger partial charge in [-0.05, 0) is 6.92 Å². The van der Waals surface area contributed by atoms with Gasteiger partial charge in [0.15, 0.2) is 24.4 Å². The van der Waals surface area contributed by atoms with Gasteiger partial charge in [-0.15, -0.1) is 0 Å². The molecule has 1 aliphatic carbocycles. The van der Waals surface area contributed by atoms with Gasteiger partial charge in [0.2, 0.25) is 0 Å². The number of nitrogens with one attached hydrogen (secondary N) is 1. The number of nitrogens with two attached hydrogens (primary N) is 1. The number of esters is 1. The van der Waals surface area contributed by atoms with Crippen LogP contribution in [0.25, 0.3) is 0 Å². The number of aliphatic hydroxyl groups is 5. The van der Waals surface area contributed by atoms with Crippen LogP contribution in [0.5, 0.6) is 0 Å². The van der Waals surface area contributed by atoms with Gasteiger partial charge in [0.05, 0.1) is 12.0 Å². The number of aliphatic imine (C=N–C) groups is 1. The Morgan fingerprint density at radius 1 is 1.29 bits per heavy atom. The molecule has 3 rings (SSSR count). The van der Waals surface area contributed by atoms with E-state index in [1.165, 1.54) is 0 Å². The second-order valence-electron chi connectivity index (χ2n) is 5.89. The zero-order chi connectivity index (χ0) is 15.7. The average Bonchev–Trinajstić information content (AvgIpc) is 2.38. The molecule has 2 bridgehead atoms. The normalized spacial score (nSPS) is 55.9. The third-order valence-corrected chi connectivity index (χ3v) is 4.70. The Bertz CT molecular complexity index is 524. The zero-order valence-corrected chi connectivity index (χ0v) is 11.0. The molecule has 2 heterocycles. The van der Waals surface area contributed by atoms with Crippen LogP contribution < -0.4 is 11.1 Å². The maximum Gasteiger partial charge on any atom is 0.338 e. The molecule has 10 heteroatoms. The highest BCUT2D eigenvalue weighted by molar-refractivity contribution is 5.85. The Hall–Kier alpha value is -1.46. The van der Waals surface area contributed by atoms with Gasteiger partial charge in [0.25, 0.3) is 0 Å². The van der Waals surface area contributed by atoms with Crippen LogP contribution >= 0.6 is 0 Å². The van der Waals surface area contributed by atoms with Crippen molar-refractivity contribution >= 4 is 11.9 Å². The topological polar surface area (TPSA) is 178 Å². The van der Waals surface area contributed by atoms with Crippen molar-refractivity contribution in [2.24, 2.45) is 16.6 Å². The summed E-state index contributed by atoms with van der Waals surface area (Å²) >= 11 is 0. The van der Waals surface area contributed by atoms with E-state index >= 15 is 0 Å². The summed E-state index contributed by atoms with van der Waals surface area (Å²) < 4.78 is 4.83. The Kier molecular flexibility index (Phi) is 2.79. The fourth-order valence-corrected chi connectivity index (χ4v) is 3.58. The third kappa shape index (κ3) is 1.53. The van der Waals surface area contributed by atoms with E-state index in [0.29, 0.717) is 0 Å². The minimum atomic E-state index is -2.03. The second kappa shape index (κ2) is 4.05. The molecular formula is C11H17N3O7. The molecule has 0 aromatic rings. The van der Waals surface area contributed by atoms with Crippen molar-refractivity contribution in [3.05, 3.63) is 0 Å². The SMILES string of the molecule is C[C@]1(O)C(O)C2[C@@H](O)N=C(N)N[C@]23[C@H](O)C(=O)OC1[C@H]3O. The Morgan fingerprint density at radius 3 is 2.52 bits per heavy atom. The summed E-state index contributed by atoms with van der Waals surface area (Å²) in [6, 6.07) is 0. The van der Waals surface area contributed by atoms with Gasteiger partial charge >= 0.3 is 5.97 Å². The smallest absolute Gasteiger partial charge is 0.338 e. The number of rotatable bonds is 0. The lowest BCUT2D eigenvalue weighted by Crippen LogP contribution is -2.87. The highest BCUT2D eigenvalue weighted by atomic mass is 16.6. The van der Waals surface area contributed by atoms with Gasteiger partial charge in [0, 0.05) is 0 Å². The van der Waals surface area contributed by atoms with E-state index < -0.39 is 53.7 Å². The van der Waals surface area contributed by atoms with Crippen LogP contribution in [-0.4, -0.2) is 79.2 Å². The summed E-state index contributed by atoms with van der Waals surface area (Å²) in [6.07, 6.45) is -8.26. The number of nitrogens with zero attached hydrogens (tertiary/aromatic N) is 1. The van der Waals surface area contributed by atoms with Crippen molar-refractivity contribution in [2.45, 2.75) is 48.7 Å². The molecule has 3 aliphatic rings. The van der Waals surface area contributed by atoms with E-state index in [-0.39, 0.29) is 5.96 Å². The molecule has 10 nitrogen and oxygen atoms in total. The molecule has 21 heavy (non-hydrogen) atoms. The molecule has 118 valence electrons. The van der Waals surface area contributed by atoms with E-state index in [0.717, 1.165) is 6.92 Å². The van der Waals surface area contributed by atoms with Crippen LogP contribution in [0.15, 0.2) is 4.99 Å². The van der Waals surface area contributed by atoms with Gasteiger partial charge in [0.1, 0.15) is 17.2 Å². The van der Waals surface area contributed by atoms with Crippen molar-refractivity contribution in [1.82, 2.24) is 5.32 Å². The summed E-state index contributed by atoms with van der Waals surface area (Å²) in [5.41, 5.74) is 1.58. The minimum Gasteiger partial charge on any atom is -0.454 e. The number of hydrogen-bond acceptors (Lipinski definition) is 10. The van der Waals surface area contributed by atoms with Crippen LogP contribution in [0.1, 0.15) is 6.92 Å². The molecule has 8 atom stereocenters. The number of aliphatic hydroxyl groups excluding tert-OH is 4. The monoisotopic (exact) mass is 303 g/mol. The van der Waals surface area contributed by atoms with Crippen molar-refractivity contribution in [3.8, 4) is 0 Å². The van der Waals surface area contributed by atoms with Crippen molar-refractivity contribution in [1.29, 1.82) is 0 Å². The van der Waals surface area contributed by atoms with E-state index in [2.05, 4.69) is 10.3 Å². The van der Waals surface area contributed by atoms with Crippen molar-refractivity contribution in [2.75, 3.05) is 0 Å². The zero-order valence-electron chi connectivity index (χ0n) is 11.0. The number of ether oxygens (including phenoxy) is 1. The van der Waals surface area contributed by atoms with Gasteiger partial charge < -0.3 is 41.3 Å². The summed E-state index contributed by atoms with van der Waals surface area (Å²) in [5.74, 6) is -2.77. The van der Waals surface area contributed by atoms with E-state index in [1.807, 2.05) is 0 Å². The Labute approximate surface area is 118 Å². The lowest BCUT2D eigenvalue weighted by Gasteiger charge is -2.62.